The molecule has 0 unspecified atom stereocenters. The van der Waals surface area contributed by atoms with Gasteiger partial charge >= 0.3 is 0 Å². The quantitative estimate of drug-likeness (QED) is 0.206. The molecule has 2 aromatic carbocycles. The molecule has 0 saturated carbocycles. The topological polar surface area (TPSA) is 130 Å². The second kappa shape index (κ2) is 13.8. The molecule has 0 aliphatic rings. The van der Waals surface area contributed by atoms with Crippen LogP contribution in [0.25, 0.3) is 0 Å². The van der Waals surface area contributed by atoms with Crippen molar-refractivity contribution >= 4 is 56.4 Å². The third-order valence-electron chi connectivity index (χ3n) is 5.92. The van der Waals surface area contributed by atoms with Crippen molar-refractivity contribution in [2.45, 2.75) is 52.6 Å². The summed E-state index contributed by atoms with van der Waals surface area (Å²) in [5.74, 6) is -1.05. The molecule has 2 rings (SSSR count). The summed E-state index contributed by atoms with van der Waals surface area (Å²) in [6, 6.07) is 7.60. The van der Waals surface area contributed by atoms with Gasteiger partial charge in [-0.1, -0.05) is 55.6 Å². The number of aryl methyl sites for hydroxylation is 1. The predicted octanol–water partition coefficient (Wildman–Crippen LogP) is 4.70. The van der Waals surface area contributed by atoms with Gasteiger partial charge in [-0.05, 0) is 43.0 Å². The first-order valence-electron chi connectivity index (χ1n) is 12.0. The summed E-state index contributed by atoms with van der Waals surface area (Å²) < 4.78 is 26.4. The number of benzene rings is 2. The number of nitro groups is 1. The molecule has 38 heavy (non-hydrogen) atoms. The number of carbonyl (C=O) groups excluding carboxylic acids is 2. The minimum absolute atomic E-state index is 0.0000267. The molecule has 2 aromatic rings. The lowest BCUT2D eigenvalue weighted by molar-refractivity contribution is -0.384. The average Bonchev–Trinajstić information content (AvgIpc) is 2.83. The zero-order valence-electron chi connectivity index (χ0n) is 21.7. The fourth-order valence-electron chi connectivity index (χ4n) is 3.83. The lowest BCUT2D eigenvalue weighted by Crippen LogP contribution is -2.52. The smallest absolute Gasteiger partial charge is 0.271 e. The number of amides is 2. The van der Waals surface area contributed by atoms with E-state index in [1.54, 1.807) is 26.0 Å². The number of rotatable bonds is 13. The highest BCUT2D eigenvalue weighted by molar-refractivity contribution is 7.92. The molecule has 13 heteroatoms. The largest absolute Gasteiger partial charge is 0.354 e. The van der Waals surface area contributed by atoms with E-state index in [0.717, 1.165) is 29.5 Å². The highest BCUT2D eigenvalue weighted by atomic mass is 35.5. The van der Waals surface area contributed by atoms with Crippen LogP contribution in [0.4, 0.5) is 11.4 Å². The van der Waals surface area contributed by atoms with Gasteiger partial charge in [0.15, 0.2) is 0 Å². The van der Waals surface area contributed by atoms with E-state index in [2.05, 4.69) is 5.32 Å². The summed E-state index contributed by atoms with van der Waals surface area (Å²) >= 11 is 12.4. The zero-order valence-corrected chi connectivity index (χ0v) is 24.1. The van der Waals surface area contributed by atoms with Crippen LogP contribution in [-0.4, -0.2) is 55.4 Å². The van der Waals surface area contributed by atoms with E-state index in [1.807, 2.05) is 6.92 Å². The normalized spacial score (nSPS) is 12.1. The highest BCUT2D eigenvalue weighted by Gasteiger charge is 2.32. The number of hydrogen-bond donors (Lipinski definition) is 1. The number of nitrogens with zero attached hydrogens (tertiary/aromatic N) is 3. The van der Waals surface area contributed by atoms with Crippen molar-refractivity contribution in [2.75, 3.05) is 23.7 Å². The van der Waals surface area contributed by atoms with Gasteiger partial charge in [-0.15, -0.1) is 0 Å². The molecule has 208 valence electrons. The predicted molar refractivity (Wildman–Crippen MR) is 149 cm³/mol. The van der Waals surface area contributed by atoms with E-state index in [-0.39, 0.29) is 35.3 Å². The Labute approximate surface area is 233 Å². The fraction of sp³-hybridized carbons (Fsp3) is 0.440. The van der Waals surface area contributed by atoms with Crippen molar-refractivity contribution < 1.29 is 22.9 Å². The zero-order chi connectivity index (χ0) is 28.6. The molecular weight excluding hydrogens is 555 g/mol. The van der Waals surface area contributed by atoms with Crippen molar-refractivity contribution in [3.05, 3.63) is 67.7 Å². The first kappa shape index (κ1) is 31.3. The Morgan fingerprint density at radius 3 is 2.37 bits per heavy atom. The Morgan fingerprint density at radius 2 is 1.82 bits per heavy atom. The summed E-state index contributed by atoms with van der Waals surface area (Å²) in [6.07, 6.45) is 2.79. The Morgan fingerprint density at radius 1 is 1.13 bits per heavy atom. The van der Waals surface area contributed by atoms with Gasteiger partial charge in [0, 0.05) is 35.3 Å². The van der Waals surface area contributed by atoms with E-state index < -0.39 is 33.4 Å². The molecule has 1 atom stereocenters. The maximum Gasteiger partial charge on any atom is 0.271 e. The van der Waals surface area contributed by atoms with Crippen molar-refractivity contribution in [1.29, 1.82) is 0 Å². The summed E-state index contributed by atoms with van der Waals surface area (Å²) in [7, 11) is -4.05. The average molecular weight is 588 g/mol. The van der Waals surface area contributed by atoms with Crippen LogP contribution < -0.4 is 9.62 Å². The highest BCUT2D eigenvalue weighted by Crippen LogP contribution is 2.29. The molecule has 0 spiro atoms. The van der Waals surface area contributed by atoms with Crippen LogP contribution >= 0.6 is 23.2 Å². The maximum absolute atomic E-state index is 13.8. The number of carbonyl (C=O) groups is 2. The molecule has 0 radical (unpaired) electrons. The molecule has 0 aliphatic carbocycles. The van der Waals surface area contributed by atoms with Gasteiger partial charge in [0.05, 0.1) is 16.9 Å². The lowest BCUT2D eigenvalue weighted by Gasteiger charge is -2.33. The first-order chi connectivity index (χ1) is 17.8. The van der Waals surface area contributed by atoms with Gasteiger partial charge < -0.3 is 10.2 Å². The van der Waals surface area contributed by atoms with Crippen LogP contribution in [0, 0.1) is 17.0 Å². The second-order valence-electron chi connectivity index (χ2n) is 8.82. The number of nitrogens with one attached hydrogen (secondary N) is 1. The monoisotopic (exact) mass is 586 g/mol. The molecule has 10 nitrogen and oxygen atoms in total. The number of sulfonamides is 1. The van der Waals surface area contributed by atoms with Crippen molar-refractivity contribution in [1.82, 2.24) is 10.2 Å². The number of hydrogen-bond acceptors (Lipinski definition) is 6. The fourth-order valence-corrected chi connectivity index (χ4v) is 5.20. The summed E-state index contributed by atoms with van der Waals surface area (Å²) in [4.78, 5) is 38.8. The van der Waals surface area contributed by atoms with E-state index in [4.69, 9.17) is 23.2 Å². The summed E-state index contributed by atoms with van der Waals surface area (Å²) in [5, 5.41) is 14.8. The summed E-state index contributed by atoms with van der Waals surface area (Å²) in [6.45, 7) is 4.98. The van der Waals surface area contributed by atoms with E-state index in [1.165, 1.54) is 23.1 Å². The second-order valence-corrected chi connectivity index (χ2v) is 11.6. The van der Waals surface area contributed by atoms with Crippen LogP contribution in [0.3, 0.4) is 0 Å². The van der Waals surface area contributed by atoms with Crippen LogP contribution in [0.1, 0.15) is 44.2 Å². The molecule has 0 heterocycles. The van der Waals surface area contributed by atoms with Crippen molar-refractivity contribution in [2.24, 2.45) is 0 Å². The summed E-state index contributed by atoms with van der Waals surface area (Å²) in [5.41, 5.74) is 0.616. The molecule has 0 aliphatic heterocycles. The Balaban J connectivity index is 2.53. The lowest BCUT2D eigenvalue weighted by atomic mass is 10.1. The SMILES string of the molecule is CCCCNC(=O)[C@H](CC)N(Cc1ccc(Cl)cc1Cl)C(=O)CN(c1cc([N+](=O)[O-])ccc1C)S(C)(=O)=O. The first-order valence-corrected chi connectivity index (χ1v) is 14.6. The van der Waals surface area contributed by atoms with Gasteiger partial charge in [0.25, 0.3) is 5.69 Å². The third kappa shape index (κ3) is 8.31. The van der Waals surface area contributed by atoms with Crippen LogP contribution in [-0.2, 0) is 26.2 Å². The van der Waals surface area contributed by atoms with Crippen molar-refractivity contribution in [3.8, 4) is 0 Å². The van der Waals surface area contributed by atoms with Crippen LogP contribution in [0.5, 0.6) is 0 Å². The van der Waals surface area contributed by atoms with E-state index in [0.29, 0.717) is 22.7 Å². The van der Waals surface area contributed by atoms with Crippen molar-refractivity contribution in [3.63, 3.8) is 0 Å². The standard InChI is InChI=1S/C25H32Cl2N4O6S/c1-5-7-12-28-25(33)22(6-2)29(15-18-9-10-19(26)13-21(18)27)24(32)16-30(38(4,36)37)23-14-20(31(34)35)11-8-17(23)3/h8-11,13-14,22H,5-7,12,15-16H2,1-4H3,(H,28,33)/t22-/m0/s1. The van der Waals surface area contributed by atoms with Crippen LogP contribution in [0.15, 0.2) is 36.4 Å². The van der Waals surface area contributed by atoms with Gasteiger partial charge in [0.1, 0.15) is 12.6 Å². The van der Waals surface area contributed by atoms with E-state index >= 15 is 0 Å². The number of anilines is 1. The van der Waals surface area contributed by atoms with Gasteiger partial charge in [-0.3, -0.25) is 24.0 Å². The van der Waals surface area contributed by atoms with Gasteiger partial charge in [0.2, 0.25) is 21.8 Å². The molecule has 1 N–H and O–H groups in total. The number of non-ortho nitro benzene ring substituents is 1. The molecule has 0 fully saturated rings. The minimum Gasteiger partial charge on any atom is -0.354 e. The molecule has 0 bridgehead atoms. The number of unbranched alkanes of at least 4 members (excludes halogenated alkanes) is 1. The Kier molecular flexibility index (Phi) is 11.4. The molecule has 2 amide bonds. The third-order valence-corrected chi connectivity index (χ3v) is 7.64. The van der Waals surface area contributed by atoms with Gasteiger partial charge in [-0.2, -0.15) is 0 Å². The Hall–Kier alpha value is -2.89. The minimum atomic E-state index is -4.05. The van der Waals surface area contributed by atoms with Crippen LogP contribution in [0.2, 0.25) is 10.0 Å². The number of halogens is 2. The maximum atomic E-state index is 13.8. The molecular formula is C25H32Cl2N4O6S. The molecule has 0 saturated heterocycles. The molecule has 0 aromatic heterocycles. The number of nitro benzene ring substituents is 1. The Bertz CT molecular complexity index is 1290. The van der Waals surface area contributed by atoms with E-state index in [9.17, 15) is 28.1 Å². The van der Waals surface area contributed by atoms with Gasteiger partial charge in [-0.25, -0.2) is 8.42 Å².